The van der Waals surface area contributed by atoms with Crippen LogP contribution in [0.5, 0.6) is 0 Å². The van der Waals surface area contributed by atoms with Gasteiger partial charge in [0.25, 0.3) is 0 Å². The average molecular weight is 269 g/mol. The smallest absolute Gasteiger partial charge is 0.246 e. The third-order valence-corrected chi connectivity index (χ3v) is 4.80. The van der Waals surface area contributed by atoms with Crippen LogP contribution in [0.3, 0.4) is 0 Å². The molecule has 0 atom stereocenters. The van der Waals surface area contributed by atoms with Crippen molar-refractivity contribution in [1.29, 1.82) is 0 Å². The summed E-state index contributed by atoms with van der Waals surface area (Å²) in [5.41, 5.74) is 6.03. The Hall–Kier alpha value is -0.550. The summed E-state index contributed by atoms with van der Waals surface area (Å²) in [7, 11) is 0. The molecule has 0 aliphatic heterocycles. The van der Waals surface area contributed by atoms with E-state index in [0.717, 1.165) is 48.9 Å². The normalized spacial score (nSPS) is 28.5. The summed E-state index contributed by atoms with van der Waals surface area (Å²) < 4.78 is 5.37. The monoisotopic (exact) mass is 269 g/mol. The average Bonchev–Trinajstić information content (AvgIpc) is 2.83. The van der Waals surface area contributed by atoms with Gasteiger partial charge in [-0.3, -0.25) is 0 Å². The lowest BCUT2D eigenvalue weighted by Crippen LogP contribution is -2.40. The Morgan fingerprint density at radius 3 is 2.83 bits per heavy atom. The molecule has 0 bridgehead atoms. The molecule has 1 aliphatic carbocycles. The second-order valence-corrected chi connectivity index (χ2v) is 6.51. The van der Waals surface area contributed by atoms with Crippen molar-refractivity contribution in [2.24, 2.45) is 11.7 Å². The van der Waals surface area contributed by atoms with Crippen molar-refractivity contribution in [3.63, 3.8) is 0 Å². The minimum absolute atomic E-state index is 0.382. The van der Waals surface area contributed by atoms with Crippen LogP contribution in [-0.2, 0) is 11.3 Å². The molecular formula is C13H23N3OS. The van der Waals surface area contributed by atoms with Gasteiger partial charge in [-0.25, -0.2) is 0 Å². The van der Waals surface area contributed by atoms with Crippen LogP contribution in [0.4, 0.5) is 0 Å². The largest absolute Gasteiger partial charge is 0.337 e. The van der Waals surface area contributed by atoms with E-state index in [-0.39, 0.29) is 5.54 Å². The molecule has 2 N–H and O–H groups in total. The number of nitrogens with zero attached hydrogens (tertiary/aromatic N) is 2. The summed E-state index contributed by atoms with van der Waals surface area (Å²) >= 11 is 1.84. The Morgan fingerprint density at radius 2 is 2.17 bits per heavy atom. The van der Waals surface area contributed by atoms with Gasteiger partial charge in [-0.05, 0) is 43.8 Å². The third kappa shape index (κ3) is 3.26. The van der Waals surface area contributed by atoms with Crippen LogP contribution in [0.2, 0.25) is 0 Å². The first-order valence-electron chi connectivity index (χ1n) is 6.84. The molecule has 1 heterocycles. The van der Waals surface area contributed by atoms with E-state index >= 15 is 0 Å². The number of aromatic nitrogens is 2. The first-order valence-corrected chi connectivity index (χ1v) is 7.99. The highest BCUT2D eigenvalue weighted by atomic mass is 32.2. The van der Waals surface area contributed by atoms with Crippen LogP contribution in [0, 0.1) is 5.92 Å². The van der Waals surface area contributed by atoms with Gasteiger partial charge in [-0.15, -0.1) is 0 Å². The molecule has 18 heavy (non-hydrogen) atoms. The molecule has 2 rings (SSSR count). The van der Waals surface area contributed by atoms with Crippen LogP contribution in [0.15, 0.2) is 4.52 Å². The number of hydrogen-bond donors (Lipinski definition) is 1. The fourth-order valence-electron chi connectivity index (χ4n) is 2.31. The summed E-state index contributed by atoms with van der Waals surface area (Å²) in [4.78, 5) is 4.48. The second kappa shape index (κ2) is 6.06. The molecule has 0 unspecified atom stereocenters. The van der Waals surface area contributed by atoms with E-state index < -0.39 is 0 Å². The van der Waals surface area contributed by atoms with Crippen molar-refractivity contribution in [1.82, 2.24) is 10.1 Å². The maximum atomic E-state index is 6.41. The van der Waals surface area contributed by atoms with Gasteiger partial charge in [0.05, 0.1) is 11.3 Å². The zero-order valence-electron chi connectivity index (χ0n) is 11.3. The van der Waals surface area contributed by atoms with Gasteiger partial charge in [0, 0.05) is 0 Å². The number of rotatable bonds is 5. The number of nitrogens with two attached hydrogens (primary N) is 1. The van der Waals surface area contributed by atoms with Gasteiger partial charge in [-0.1, -0.05) is 19.0 Å². The van der Waals surface area contributed by atoms with Gasteiger partial charge >= 0.3 is 0 Å². The van der Waals surface area contributed by atoms with E-state index in [0.29, 0.717) is 5.89 Å². The third-order valence-electron chi connectivity index (χ3n) is 3.64. The van der Waals surface area contributed by atoms with E-state index in [1.54, 1.807) is 0 Å². The minimum Gasteiger partial charge on any atom is -0.337 e. The molecule has 4 nitrogen and oxygen atoms in total. The summed E-state index contributed by atoms with van der Waals surface area (Å²) in [5, 5.41) is 4.04. The van der Waals surface area contributed by atoms with Gasteiger partial charge < -0.3 is 10.3 Å². The summed E-state index contributed by atoms with van der Waals surface area (Å²) in [6.07, 6.45) is 5.39. The summed E-state index contributed by atoms with van der Waals surface area (Å²) in [5.74, 6) is 4.15. The predicted molar refractivity (Wildman–Crippen MR) is 74.2 cm³/mol. The Morgan fingerprint density at radius 1 is 1.44 bits per heavy atom. The van der Waals surface area contributed by atoms with Crippen molar-refractivity contribution in [2.45, 2.75) is 57.2 Å². The second-order valence-electron chi connectivity index (χ2n) is 5.41. The number of hydrogen-bond acceptors (Lipinski definition) is 5. The van der Waals surface area contributed by atoms with Crippen LogP contribution >= 0.6 is 11.8 Å². The Labute approximate surface area is 113 Å². The highest BCUT2D eigenvalue weighted by molar-refractivity contribution is 7.98. The molecule has 0 amide bonds. The van der Waals surface area contributed by atoms with Crippen LogP contribution in [0.1, 0.15) is 57.7 Å². The van der Waals surface area contributed by atoms with E-state index in [4.69, 9.17) is 10.3 Å². The van der Waals surface area contributed by atoms with Crippen molar-refractivity contribution in [2.75, 3.05) is 5.75 Å². The topological polar surface area (TPSA) is 64.9 Å². The van der Waals surface area contributed by atoms with Crippen molar-refractivity contribution >= 4 is 11.8 Å². The van der Waals surface area contributed by atoms with Crippen LogP contribution in [-0.4, -0.2) is 15.9 Å². The molecular weight excluding hydrogens is 246 g/mol. The zero-order chi connectivity index (χ0) is 13.0. The fourth-order valence-corrected chi connectivity index (χ4v) is 3.05. The van der Waals surface area contributed by atoms with E-state index in [1.807, 2.05) is 11.8 Å². The Bertz CT molecular complexity index is 372. The molecule has 1 aromatic heterocycles. The van der Waals surface area contributed by atoms with Gasteiger partial charge in [0.2, 0.25) is 5.89 Å². The quantitative estimate of drug-likeness (QED) is 0.832. The Balaban J connectivity index is 1.96. The SMILES string of the molecule is CCCSCc1noc(C2(N)CCC(C)CC2)n1. The maximum absolute atomic E-state index is 6.41. The highest BCUT2D eigenvalue weighted by Crippen LogP contribution is 2.36. The zero-order valence-corrected chi connectivity index (χ0v) is 12.1. The first-order chi connectivity index (χ1) is 8.64. The van der Waals surface area contributed by atoms with E-state index in [9.17, 15) is 0 Å². The van der Waals surface area contributed by atoms with Crippen molar-refractivity contribution in [3.05, 3.63) is 11.7 Å². The molecule has 5 heteroatoms. The molecule has 0 aromatic carbocycles. The summed E-state index contributed by atoms with van der Waals surface area (Å²) in [6.45, 7) is 4.45. The number of thioether (sulfide) groups is 1. The van der Waals surface area contributed by atoms with Gasteiger partial charge in [0.1, 0.15) is 0 Å². The lowest BCUT2D eigenvalue weighted by Gasteiger charge is -2.32. The van der Waals surface area contributed by atoms with E-state index in [2.05, 4.69) is 24.0 Å². The van der Waals surface area contributed by atoms with Gasteiger partial charge in [-0.2, -0.15) is 16.7 Å². The molecule has 1 saturated carbocycles. The molecule has 1 fully saturated rings. The standard InChI is InChI=1S/C13H23N3OS/c1-3-8-18-9-11-15-12(17-16-11)13(14)6-4-10(2)5-7-13/h10H,3-9,14H2,1-2H3. The lowest BCUT2D eigenvalue weighted by atomic mass is 9.78. The molecule has 0 spiro atoms. The fraction of sp³-hybridized carbons (Fsp3) is 0.846. The van der Waals surface area contributed by atoms with Crippen molar-refractivity contribution in [3.8, 4) is 0 Å². The summed E-state index contributed by atoms with van der Waals surface area (Å²) in [6, 6.07) is 0. The van der Waals surface area contributed by atoms with E-state index in [1.165, 1.54) is 6.42 Å². The van der Waals surface area contributed by atoms with Crippen LogP contribution < -0.4 is 5.73 Å². The molecule has 1 aromatic rings. The molecule has 1 aliphatic rings. The molecule has 0 radical (unpaired) electrons. The Kier molecular flexibility index (Phi) is 4.67. The van der Waals surface area contributed by atoms with Crippen molar-refractivity contribution < 1.29 is 4.52 Å². The lowest BCUT2D eigenvalue weighted by molar-refractivity contribution is 0.190. The predicted octanol–water partition coefficient (Wildman–Crippen LogP) is 3.08. The molecule has 0 saturated heterocycles. The van der Waals surface area contributed by atoms with Crippen LogP contribution in [0.25, 0.3) is 0 Å². The minimum atomic E-state index is -0.382. The molecule has 102 valence electrons. The first kappa shape index (κ1) is 13.9. The highest BCUT2D eigenvalue weighted by Gasteiger charge is 2.36. The maximum Gasteiger partial charge on any atom is 0.246 e. The van der Waals surface area contributed by atoms with Gasteiger partial charge in [0.15, 0.2) is 5.82 Å².